The maximum Gasteiger partial charge on any atom is 0.326 e. The van der Waals surface area contributed by atoms with E-state index in [0.717, 1.165) is 6.92 Å². The minimum absolute atomic E-state index is 0.334. The Morgan fingerprint density at radius 2 is 1.62 bits per heavy atom. The molecule has 0 saturated heterocycles. The Bertz CT molecular complexity index is 433. The number of aliphatic carboxylic acids is 2. The molecule has 21 heavy (non-hydrogen) atoms. The van der Waals surface area contributed by atoms with Crippen LogP contribution in [0.4, 0.5) is 0 Å². The van der Waals surface area contributed by atoms with Gasteiger partial charge in [0.05, 0.1) is 6.42 Å². The number of carbonyl (C=O) groups excluding carboxylic acids is 3. The summed E-state index contributed by atoms with van der Waals surface area (Å²) in [6, 6.07) is -2.76. The average Bonchev–Trinajstić information content (AvgIpc) is 2.31. The average molecular weight is 303 g/mol. The zero-order valence-electron chi connectivity index (χ0n) is 11.3. The van der Waals surface area contributed by atoms with Gasteiger partial charge in [-0.3, -0.25) is 19.2 Å². The smallest absolute Gasteiger partial charge is 0.326 e. The molecule has 6 N–H and O–H groups in total. The molecule has 118 valence electrons. The summed E-state index contributed by atoms with van der Waals surface area (Å²) in [5, 5.41) is 21.6. The Morgan fingerprint density at radius 1 is 1.05 bits per heavy atom. The van der Waals surface area contributed by atoms with Crippen molar-refractivity contribution >= 4 is 29.7 Å². The van der Waals surface area contributed by atoms with E-state index in [2.05, 4.69) is 10.6 Å². The quantitative estimate of drug-likeness (QED) is 0.321. The van der Waals surface area contributed by atoms with Crippen molar-refractivity contribution < 1.29 is 34.2 Å². The van der Waals surface area contributed by atoms with Gasteiger partial charge in [-0.2, -0.15) is 0 Å². The van der Waals surface area contributed by atoms with Crippen LogP contribution < -0.4 is 16.4 Å². The molecule has 0 aromatic carbocycles. The fourth-order valence-electron chi connectivity index (χ4n) is 1.45. The van der Waals surface area contributed by atoms with Crippen molar-refractivity contribution in [2.75, 3.05) is 0 Å². The summed E-state index contributed by atoms with van der Waals surface area (Å²) in [5.41, 5.74) is 4.93. The molecule has 0 unspecified atom stereocenters. The summed E-state index contributed by atoms with van der Waals surface area (Å²) < 4.78 is 0. The SMILES string of the molecule is CC(=O)N[C@@H](CC(N)=O)C(=O)N[C@@H](CCC(=O)O)C(=O)O. The van der Waals surface area contributed by atoms with Crippen molar-refractivity contribution in [1.82, 2.24) is 10.6 Å². The Kier molecular flexibility index (Phi) is 7.43. The predicted molar refractivity (Wildman–Crippen MR) is 67.9 cm³/mol. The first-order chi connectivity index (χ1) is 9.63. The van der Waals surface area contributed by atoms with E-state index in [1.807, 2.05) is 0 Å². The van der Waals surface area contributed by atoms with Crippen LogP contribution in [0.1, 0.15) is 26.2 Å². The number of rotatable bonds is 9. The minimum Gasteiger partial charge on any atom is -0.481 e. The highest BCUT2D eigenvalue weighted by molar-refractivity contribution is 5.93. The Labute approximate surface area is 119 Å². The molecule has 0 rings (SSSR count). The molecule has 0 radical (unpaired) electrons. The van der Waals surface area contributed by atoms with Gasteiger partial charge < -0.3 is 26.6 Å². The molecule has 0 aliphatic rings. The molecular weight excluding hydrogens is 286 g/mol. The predicted octanol–water partition coefficient (Wildman–Crippen LogP) is -2.20. The Morgan fingerprint density at radius 3 is 2.00 bits per heavy atom. The lowest BCUT2D eigenvalue weighted by Crippen LogP contribution is -2.52. The highest BCUT2D eigenvalue weighted by atomic mass is 16.4. The van der Waals surface area contributed by atoms with Crippen molar-refractivity contribution in [3.8, 4) is 0 Å². The zero-order chi connectivity index (χ0) is 16.6. The van der Waals surface area contributed by atoms with Gasteiger partial charge in [-0.25, -0.2) is 4.79 Å². The lowest BCUT2D eigenvalue weighted by Gasteiger charge is -2.19. The van der Waals surface area contributed by atoms with Crippen LogP contribution in [0.2, 0.25) is 0 Å². The summed E-state index contributed by atoms with van der Waals surface area (Å²) in [5.74, 6) is -5.03. The zero-order valence-corrected chi connectivity index (χ0v) is 11.3. The molecule has 2 atom stereocenters. The van der Waals surface area contributed by atoms with E-state index >= 15 is 0 Å². The topological polar surface area (TPSA) is 176 Å². The number of amides is 3. The van der Waals surface area contributed by atoms with Crippen molar-refractivity contribution in [3.05, 3.63) is 0 Å². The van der Waals surface area contributed by atoms with E-state index in [-0.39, 0.29) is 6.42 Å². The fraction of sp³-hybridized carbons (Fsp3) is 0.545. The number of nitrogens with two attached hydrogens (primary N) is 1. The third kappa shape index (κ3) is 8.18. The number of carboxylic acid groups (broad SMARTS) is 2. The molecule has 0 aliphatic heterocycles. The van der Waals surface area contributed by atoms with E-state index < -0.39 is 54.6 Å². The standard InChI is InChI=1S/C11H17N3O7/c1-5(15)13-7(4-8(12)16)10(19)14-6(11(20)21)2-3-9(17)18/h6-7H,2-4H2,1H3,(H2,12,16)(H,13,15)(H,14,19)(H,17,18)(H,20,21)/t6-,7-/m0/s1. The summed E-state index contributed by atoms with van der Waals surface area (Å²) in [6.07, 6.45) is -1.30. The largest absolute Gasteiger partial charge is 0.481 e. The van der Waals surface area contributed by atoms with Gasteiger partial charge in [0, 0.05) is 13.3 Å². The molecule has 3 amide bonds. The first-order valence-corrected chi connectivity index (χ1v) is 5.93. The molecule has 0 aromatic rings. The number of hydrogen-bond acceptors (Lipinski definition) is 5. The lowest BCUT2D eigenvalue weighted by atomic mass is 10.1. The third-order valence-corrected chi connectivity index (χ3v) is 2.36. The van der Waals surface area contributed by atoms with Crippen LogP contribution in [0, 0.1) is 0 Å². The first-order valence-electron chi connectivity index (χ1n) is 5.93. The Hall–Kier alpha value is -2.65. The van der Waals surface area contributed by atoms with Crippen LogP contribution in [0.15, 0.2) is 0 Å². The number of carbonyl (C=O) groups is 5. The molecule has 0 aromatic heterocycles. The minimum atomic E-state index is -1.45. The van der Waals surface area contributed by atoms with Crippen molar-refractivity contribution in [2.45, 2.75) is 38.3 Å². The first kappa shape index (κ1) is 18.4. The second-order valence-electron chi connectivity index (χ2n) is 4.26. The molecule has 0 bridgehead atoms. The second kappa shape index (κ2) is 8.51. The second-order valence-corrected chi connectivity index (χ2v) is 4.26. The summed E-state index contributed by atoms with van der Waals surface area (Å²) in [6.45, 7) is 1.11. The van der Waals surface area contributed by atoms with E-state index in [1.54, 1.807) is 0 Å². The van der Waals surface area contributed by atoms with Gasteiger partial charge >= 0.3 is 11.9 Å². The van der Waals surface area contributed by atoms with Gasteiger partial charge in [0.15, 0.2) is 0 Å². The molecule has 10 nitrogen and oxygen atoms in total. The summed E-state index contributed by atoms with van der Waals surface area (Å²) >= 11 is 0. The van der Waals surface area contributed by atoms with Crippen molar-refractivity contribution in [2.24, 2.45) is 5.73 Å². The normalized spacial score (nSPS) is 12.8. The van der Waals surface area contributed by atoms with Gasteiger partial charge in [-0.05, 0) is 6.42 Å². The van der Waals surface area contributed by atoms with Crippen LogP contribution in [0.3, 0.4) is 0 Å². The van der Waals surface area contributed by atoms with Crippen molar-refractivity contribution in [1.29, 1.82) is 0 Å². The van der Waals surface area contributed by atoms with Crippen LogP contribution in [-0.4, -0.2) is 52.0 Å². The Balaban J connectivity index is 4.80. The molecule has 0 aliphatic carbocycles. The summed E-state index contributed by atoms with van der Waals surface area (Å²) in [7, 11) is 0. The van der Waals surface area contributed by atoms with Gasteiger partial charge in [0.1, 0.15) is 12.1 Å². The highest BCUT2D eigenvalue weighted by Gasteiger charge is 2.27. The molecular formula is C11H17N3O7. The van der Waals surface area contributed by atoms with Crippen LogP contribution in [0.5, 0.6) is 0 Å². The van der Waals surface area contributed by atoms with Crippen molar-refractivity contribution in [3.63, 3.8) is 0 Å². The molecule has 0 spiro atoms. The maximum atomic E-state index is 11.8. The van der Waals surface area contributed by atoms with Gasteiger partial charge in [0.2, 0.25) is 17.7 Å². The number of primary amides is 1. The van der Waals surface area contributed by atoms with Crippen LogP contribution in [-0.2, 0) is 24.0 Å². The monoisotopic (exact) mass is 303 g/mol. The van der Waals surface area contributed by atoms with Crippen LogP contribution >= 0.6 is 0 Å². The number of carboxylic acids is 2. The van der Waals surface area contributed by atoms with Gasteiger partial charge in [0.25, 0.3) is 0 Å². The fourth-order valence-corrected chi connectivity index (χ4v) is 1.45. The summed E-state index contributed by atoms with van der Waals surface area (Å²) in [4.78, 5) is 54.9. The van der Waals surface area contributed by atoms with E-state index in [0.29, 0.717) is 0 Å². The number of nitrogens with one attached hydrogen (secondary N) is 2. The van der Waals surface area contributed by atoms with E-state index in [9.17, 15) is 24.0 Å². The van der Waals surface area contributed by atoms with Gasteiger partial charge in [-0.15, -0.1) is 0 Å². The maximum absolute atomic E-state index is 11.8. The van der Waals surface area contributed by atoms with E-state index in [1.165, 1.54) is 0 Å². The molecule has 0 heterocycles. The van der Waals surface area contributed by atoms with Crippen LogP contribution in [0.25, 0.3) is 0 Å². The lowest BCUT2D eigenvalue weighted by molar-refractivity contribution is -0.143. The molecule has 0 saturated carbocycles. The third-order valence-electron chi connectivity index (χ3n) is 2.36. The van der Waals surface area contributed by atoms with Gasteiger partial charge in [-0.1, -0.05) is 0 Å². The highest BCUT2D eigenvalue weighted by Crippen LogP contribution is 2.01. The molecule has 0 fully saturated rings. The van der Waals surface area contributed by atoms with E-state index in [4.69, 9.17) is 15.9 Å². The molecule has 10 heteroatoms. The number of hydrogen-bond donors (Lipinski definition) is 5.